The maximum absolute atomic E-state index is 11.3. The third-order valence-corrected chi connectivity index (χ3v) is 3.44. The summed E-state index contributed by atoms with van der Waals surface area (Å²) < 4.78 is 0. The Labute approximate surface area is 109 Å². The fourth-order valence-corrected chi connectivity index (χ4v) is 2.14. The Morgan fingerprint density at radius 2 is 2.12 bits per heavy atom. The molecule has 3 heteroatoms. The van der Waals surface area contributed by atoms with Gasteiger partial charge >= 0.3 is 5.97 Å². The highest BCUT2D eigenvalue weighted by Gasteiger charge is 2.52. The van der Waals surface area contributed by atoms with E-state index < -0.39 is 11.4 Å². The normalized spacial score (nSPS) is 15.8. The number of alkyl halides is 1. The second-order valence-electron chi connectivity index (χ2n) is 4.17. The van der Waals surface area contributed by atoms with Crippen molar-refractivity contribution in [3.63, 3.8) is 0 Å². The Morgan fingerprint density at radius 1 is 1.41 bits per heavy atom. The summed E-state index contributed by atoms with van der Waals surface area (Å²) in [5, 5.41) is 10.1. The van der Waals surface area contributed by atoms with Crippen molar-refractivity contribution in [1.29, 1.82) is 0 Å². The molecule has 0 bridgehead atoms. The Kier molecular flexibility index (Phi) is 3.54. The highest BCUT2D eigenvalue weighted by Crippen LogP contribution is 2.49. The molecule has 1 aromatic rings. The van der Waals surface area contributed by atoms with E-state index >= 15 is 0 Å². The molecule has 1 aliphatic carbocycles. The summed E-state index contributed by atoms with van der Waals surface area (Å²) in [7, 11) is 0. The van der Waals surface area contributed by atoms with Gasteiger partial charge in [0.25, 0.3) is 0 Å². The van der Waals surface area contributed by atoms with Crippen molar-refractivity contribution in [2.24, 2.45) is 0 Å². The molecule has 1 aromatic carbocycles. The summed E-state index contributed by atoms with van der Waals surface area (Å²) in [5.41, 5.74) is 1.06. The number of carboxylic acid groups (broad SMARTS) is 1. The van der Waals surface area contributed by atoms with E-state index in [9.17, 15) is 9.90 Å². The molecule has 0 heterocycles. The highest BCUT2D eigenvalue weighted by atomic mass is 79.9. The van der Waals surface area contributed by atoms with Crippen LogP contribution in [-0.4, -0.2) is 16.4 Å². The van der Waals surface area contributed by atoms with Gasteiger partial charge in [0.2, 0.25) is 0 Å². The predicted octanol–water partition coefficient (Wildman–Crippen LogP) is 2.94. The molecule has 88 valence electrons. The molecule has 1 saturated carbocycles. The smallest absolute Gasteiger partial charge is 0.314 e. The Bertz CT molecular complexity index is 492. The van der Waals surface area contributed by atoms with E-state index in [2.05, 4.69) is 27.8 Å². The van der Waals surface area contributed by atoms with Gasteiger partial charge in [-0.05, 0) is 24.5 Å². The van der Waals surface area contributed by atoms with Crippen LogP contribution in [0.3, 0.4) is 0 Å². The van der Waals surface area contributed by atoms with E-state index in [0.29, 0.717) is 0 Å². The van der Waals surface area contributed by atoms with E-state index in [1.807, 2.05) is 24.3 Å². The number of hydrogen-bond acceptors (Lipinski definition) is 1. The minimum Gasteiger partial charge on any atom is -0.481 e. The summed E-state index contributed by atoms with van der Waals surface area (Å²) in [6.45, 7) is 0. The largest absolute Gasteiger partial charge is 0.481 e. The van der Waals surface area contributed by atoms with Gasteiger partial charge in [-0.25, -0.2) is 0 Å². The molecule has 2 nitrogen and oxygen atoms in total. The van der Waals surface area contributed by atoms with Gasteiger partial charge < -0.3 is 5.11 Å². The first-order valence-corrected chi connectivity index (χ1v) is 6.70. The van der Waals surface area contributed by atoms with Crippen LogP contribution in [0.15, 0.2) is 24.3 Å². The molecule has 2 rings (SSSR count). The lowest BCUT2D eigenvalue weighted by atomic mass is 9.91. The number of benzene rings is 1. The van der Waals surface area contributed by atoms with Crippen LogP contribution < -0.4 is 0 Å². The zero-order valence-electron chi connectivity index (χ0n) is 9.37. The molecular weight excluding hydrogens is 280 g/mol. The third kappa shape index (κ3) is 2.37. The third-order valence-electron chi connectivity index (χ3n) is 3.04. The van der Waals surface area contributed by atoms with Crippen LogP contribution in [0.5, 0.6) is 0 Å². The van der Waals surface area contributed by atoms with Crippen LogP contribution in [0.25, 0.3) is 0 Å². The van der Waals surface area contributed by atoms with Crippen LogP contribution >= 0.6 is 15.9 Å². The summed E-state index contributed by atoms with van der Waals surface area (Å²) >= 11 is 3.32. The van der Waals surface area contributed by atoms with Gasteiger partial charge in [0.1, 0.15) is 0 Å². The van der Waals surface area contributed by atoms with Gasteiger partial charge in [-0.1, -0.05) is 46.0 Å². The van der Waals surface area contributed by atoms with Crippen LogP contribution in [0.2, 0.25) is 0 Å². The molecule has 0 aromatic heterocycles. The molecule has 1 fully saturated rings. The van der Waals surface area contributed by atoms with E-state index in [-0.39, 0.29) is 0 Å². The zero-order chi connectivity index (χ0) is 12.3. The average molecular weight is 293 g/mol. The van der Waals surface area contributed by atoms with Crippen LogP contribution in [0.1, 0.15) is 30.4 Å². The van der Waals surface area contributed by atoms with Gasteiger partial charge in [-0.15, -0.1) is 0 Å². The Morgan fingerprint density at radius 3 is 2.71 bits per heavy atom. The maximum atomic E-state index is 11.3. The van der Waals surface area contributed by atoms with Crippen molar-refractivity contribution in [3.05, 3.63) is 35.4 Å². The minimum atomic E-state index is -0.729. The molecule has 0 radical (unpaired) electrons. The number of aliphatic carboxylic acids is 1. The van der Waals surface area contributed by atoms with E-state index in [1.165, 1.54) is 0 Å². The number of carboxylic acids is 1. The first kappa shape index (κ1) is 12.2. The molecule has 1 N–H and O–H groups in total. The van der Waals surface area contributed by atoms with Crippen molar-refractivity contribution in [1.82, 2.24) is 0 Å². The topological polar surface area (TPSA) is 37.3 Å². The summed E-state index contributed by atoms with van der Waals surface area (Å²) in [5.74, 6) is 5.38. The second-order valence-corrected chi connectivity index (χ2v) is 4.97. The Balaban J connectivity index is 2.36. The first-order chi connectivity index (χ1) is 8.20. The van der Waals surface area contributed by atoms with Crippen molar-refractivity contribution in [2.45, 2.75) is 24.7 Å². The molecular formula is C14H13BrO2. The lowest BCUT2D eigenvalue weighted by molar-refractivity contribution is -0.140. The predicted molar refractivity (Wildman–Crippen MR) is 70.3 cm³/mol. The quantitative estimate of drug-likeness (QED) is 0.687. The maximum Gasteiger partial charge on any atom is 0.314 e. The lowest BCUT2D eigenvalue weighted by Gasteiger charge is -2.12. The molecule has 0 amide bonds. The van der Waals surface area contributed by atoms with Crippen molar-refractivity contribution >= 4 is 21.9 Å². The molecule has 1 aliphatic rings. The number of rotatable bonds is 3. The second kappa shape index (κ2) is 4.93. The zero-order valence-corrected chi connectivity index (χ0v) is 11.0. The summed E-state index contributed by atoms with van der Waals surface area (Å²) in [6.07, 6.45) is 2.22. The van der Waals surface area contributed by atoms with E-state index in [1.54, 1.807) is 0 Å². The van der Waals surface area contributed by atoms with Crippen molar-refractivity contribution in [3.8, 4) is 11.8 Å². The number of carbonyl (C=O) groups is 1. The van der Waals surface area contributed by atoms with Crippen molar-refractivity contribution in [2.75, 3.05) is 5.33 Å². The first-order valence-electron chi connectivity index (χ1n) is 5.58. The lowest BCUT2D eigenvalue weighted by Crippen LogP contribution is -2.20. The van der Waals surface area contributed by atoms with Crippen molar-refractivity contribution < 1.29 is 9.90 Å². The van der Waals surface area contributed by atoms with Crippen LogP contribution in [-0.2, 0) is 10.2 Å². The molecule has 0 unspecified atom stereocenters. The fraction of sp³-hybridized carbons (Fsp3) is 0.357. The summed E-state index contributed by atoms with van der Waals surface area (Å²) in [6, 6.07) is 7.58. The van der Waals surface area contributed by atoms with Crippen LogP contribution in [0.4, 0.5) is 0 Å². The van der Waals surface area contributed by atoms with E-state index in [0.717, 1.165) is 35.7 Å². The Hall–Kier alpha value is -1.27. The SMILES string of the molecule is O=C(O)C1(c2ccccc2C#CCCBr)CC1. The monoisotopic (exact) mass is 292 g/mol. The highest BCUT2D eigenvalue weighted by molar-refractivity contribution is 9.09. The average Bonchev–Trinajstić information content (AvgIpc) is 3.11. The standard InChI is InChI=1S/C14H13BrO2/c15-10-4-3-6-11-5-1-2-7-12(11)14(8-9-14)13(16)17/h1-2,5,7H,4,8-10H2,(H,16,17). The van der Waals surface area contributed by atoms with Gasteiger partial charge in [0.05, 0.1) is 5.41 Å². The fourth-order valence-electron chi connectivity index (χ4n) is 1.94. The van der Waals surface area contributed by atoms with Gasteiger partial charge in [-0.3, -0.25) is 4.79 Å². The molecule has 17 heavy (non-hydrogen) atoms. The van der Waals surface area contributed by atoms with Gasteiger partial charge in [-0.2, -0.15) is 0 Å². The number of halogens is 1. The molecule has 0 spiro atoms. The molecule has 0 saturated heterocycles. The van der Waals surface area contributed by atoms with E-state index in [4.69, 9.17) is 0 Å². The van der Waals surface area contributed by atoms with Crippen LogP contribution in [0, 0.1) is 11.8 Å². The molecule has 0 aliphatic heterocycles. The number of hydrogen-bond donors (Lipinski definition) is 1. The minimum absolute atomic E-state index is 0.667. The summed E-state index contributed by atoms with van der Waals surface area (Å²) in [4.78, 5) is 11.3. The molecule has 0 atom stereocenters. The van der Waals surface area contributed by atoms with Gasteiger partial charge in [0.15, 0.2) is 0 Å². The van der Waals surface area contributed by atoms with Gasteiger partial charge in [0, 0.05) is 17.3 Å².